The number of halogens is 1. The number of nitrogens with zero attached hydrogens (tertiary/aromatic N) is 2. The van der Waals surface area contributed by atoms with Crippen molar-refractivity contribution in [2.24, 2.45) is 0 Å². The van der Waals surface area contributed by atoms with Crippen LogP contribution in [0.1, 0.15) is 13.3 Å². The SMILES string of the molecule is CCCOc1ccc(-c2nnc(Cl)c3ccccc23)cc1. The number of benzene rings is 2. The molecule has 0 unspecified atom stereocenters. The number of aromatic nitrogens is 2. The first-order valence-electron chi connectivity index (χ1n) is 6.93. The van der Waals surface area contributed by atoms with Crippen LogP contribution >= 0.6 is 11.6 Å². The van der Waals surface area contributed by atoms with Gasteiger partial charge in [0, 0.05) is 16.3 Å². The molecule has 4 heteroatoms. The Labute approximate surface area is 128 Å². The summed E-state index contributed by atoms with van der Waals surface area (Å²) in [5, 5.41) is 10.6. The number of hydrogen-bond acceptors (Lipinski definition) is 3. The van der Waals surface area contributed by atoms with Gasteiger partial charge in [-0.25, -0.2) is 0 Å². The van der Waals surface area contributed by atoms with E-state index in [1.165, 1.54) is 0 Å². The Hall–Kier alpha value is -2.13. The third kappa shape index (κ3) is 2.83. The normalized spacial score (nSPS) is 10.8. The van der Waals surface area contributed by atoms with E-state index in [1.807, 2.05) is 48.5 Å². The van der Waals surface area contributed by atoms with Crippen molar-refractivity contribution in [3.8, 4) is 17.0 Å². The summed E-state index contributed by atoms with van der Waals surface area (Å²) < 4.78 is 5.60. The zero-order valence-corrected chi connectivity index (χ0v) is 12.5. The van der Waals surface area contributed by atoms with Crippen molar-refractivity contribution in [3.63, 3.8) is 0 Å². The minimum absolute atomic E-state index is 0.428. The molecule has 0 aliphatic rings. The van der Waals surface area contributed by atoms with Gasteiger partial charge in [-0.2, -0.15) is 0 Å². The topological polar surface area (TPSA) is 35.0 Å². The molecule has 3 rings (SSSR count). The Morgan fingerprint density at radius 1 is 0.952 bits per heavy atom. The van der Waals surface area contributed by atoms with Crippen molar-refractivity contribution >= 4 is 22.4 Å². The van der Waals surface area contributed by atoms with Gasteiger partial charge < -0.3 is 4.74 Å². The second-order valence-electron chi connectivity index (χ2n) is 4.76. The van der Waals surface area contributed by atoms with Crippen LogP contribution in [0.15, 0.2) is 48.5 Å². The van der Waals surface area contributed by atoms with E-state index in [4.69, 9.17) is 16.3 Å². The molecule has 21 heavy (non-hydrogen) atoms. The Kier molecular flexibility index (Phi) is 4.02. The minimum atomic E-state index is 0.428. The van der Waals surface area contributed by atoms with Gasteiger partial charge in [-0.15, -0.1) is 10.2 Å². The van der Waals surface area contributed by atoms with E-state index in [0.717, 1.165) is 40.8 Å². The summed E-state index contributed by atoms with van der Waals surface area (Å²) in [5.41, 5.74) is 1.83. The molecule has 2 aromatic carbocycles. The Bertz CT molecular complexity index is 756. The summed E-state index contributed by atoms with van der Waals surface area (Å²) in [6, 6.07) is 15.8. The van der Waals surface area contributed by atoms with Crippen LogP contribution in [0, 0.1) is 0 Å². The monoisotopic (exact) mass is 298 g/mol. The fourth-order valence-electron chi connectivity index (χ4n) is 2.21. The molecule has 1 aromatic heterocycles. The Balaban J connectivity index is 2.02. The highest BCUT2D eigenvalue weighted by atomic mass is 35.5. The van der Waals surface area contributed by atoms with Crippen LogP contribution in [0.2, 0.25) is 5.15 Å². The van der Waals surface area contributed by atoms with Gasteiger partial charge in [0.25, 0.3) is 0 Å². The molecule has 0 fully saturated rings. The predicted molar refractivity (Wildman–Crippen MR) is 85.8 cm³/mol. The van der Waals surface area contributed by atoms with E-state index in [-0.39, 0.29) is 0 Å². The van der Waals surface area contributed by atoms with Gasteiger partial charge >= 0.3 is 0 Å². The summed E-state index contributed by atoms with van der Waals surface area (Å²) in [6.07, 6.45) is 0.995. The highest BCUT2D eigenvalue weighted by Gasteiger charge is 2.09. The van der Waals surface area contributed by atoms with E-state index in [1.54, 1.807) is 0 Å². The van der Waals surface area contributed by atoms with Crippen molar-refractivity contribution in [2.45, 2.75) is 13.3 Å². The van der Waals surface area contributed by atoms with E-state index in [2.05, 4.69) is 17.1 Å². The van der Waals surface area contributed by atoms with Crippen LogP contribution in [0.25, 0.3) is 22.0 Å². The first kappa shape index (κ1) is 13.8. The quantitative estimate of drug-likeness (QED) is 0.698. The Morgan fingerprint density at radius 2 is 1.67 bits per heavy atom. The lowest BCUT2D eigenvalue weighted by Crippen LogP contribution is -1.95. The summed E-state index contributed by atoms with van der Waals surface area (Å²) in [4.78, 5) is 0. The molecule has 0 amide bonds. The lowest BCUT2D eigenvalue weighted by atomic mass is 10.1. The van der Waals surface area contributed by atoms with Crippen molar-refractivity contribution in [3.05, 3.63) is 53.7 Å². The molecular weight excluding hydrogens is 284 g/mol. The van der Waals surface area contributed by atoms with Crippen molar-refractivity contribution < 1.29 is 4.74 Å². The molecule has 0 aliphatic heterocycles. The van der Waals surface area contributed by atoms with Gasteiger partial charge in [-0.3, -0.25) is 0 Å². The smallest absolute Gasteiger partial charge is 0.159 e. The molecule has 0 saturated carbocycles. The zero-order chi connectivity index (χ0) is 14.7. The van der Waals surface area contributed by atoms with Crippen LogP contribution in [-0.4, -0.2) is 16.8 Å². The summed E-state index contributed by atoms with van der Waals surface area (Å²) in [5.74, 6) is 0.867. The molecule has 0 atom stereocenters. The van der Waals surface area contributed by atoms with Gasteiger partial charge in [0.05, 0.1) is 6.61 Å². The molecule has 0 radical (unpaired) electrons. The molecule has 0 saturated heterocycles. The summed E-state index contributed by atoms with van der Waals surface area (Å²) in [7, 11) is 0. The predicted octanol–water partition coefficient (Wildman–Crippen LogP) is 4.74. The van der Waals surface area contributed by atoms with Gasteiger partial charge in [0.2, 0.25) is 0 Å². The zero-order valence-electron chi connectivity index (χ0n) is 11.7. The number of fused-ring (bicyclic) bond motifs is 1. The highest BCUT2D eigenvalue weighted by molar-refractivity contribution is 6.34. The second-order valence-corrected chi connectivity index (χ2v) is 5.12. The average Bonchev–Trinajstić information content (AvgIpc) is 2.54. The average molecular weight is 299 g/mol. The second kappa shape index (κ2) is 6.10. The molecular formula is C17H15ClN2O. The fourth-order valence-corrected chi connectivity index (χ4v) is 2.42. The maximum Gasteiger partial charge on any atom is 0.159 e. The van der Waals surface area contributed by atoms with Crippen molar-refractivity contribution in [1.29, 1.82) is 0 Å². The number of ether oxygens (including phenoxy) is 1. The molecule has 3 aromatic rings. The van der Waals surface area contributed by atoms with Gasteiger partial charge in [-0.1, -0.05) is 42.8 Å². The van der Waals surface area contributed by atoms with Crippen molar-refractivity contribution in [2.75, 3.05) is 6.61 Å². The fraction of sp³-hybridized carbons (Fsp3) is 0.176. The molecule has 0 aliphatic carbocycles. The van der Waals surface area contributed by atoms with Crippen molar-refractivity contribution in [1.82, 2.24) is 10.2 Å². The third-order valence-electron chi connectivity index (χ3n) is 3.24. The molecule has 0 spiro atoms. The maximum atomic E-state index is 6.11. The standard InChI is InChI=1S/C17H15ClN2O/c1-2-11-21-13-9-7-12(8-10-13)16-14-5-3-4-6-15(14)17(18)20-19-16/h3-10H,2,11H2,1H3. The van der Waals surface area contributed by atoms with E-state index >= 15 is 0 Å². The van der Waals surface area contributed by atoms with Crippen LogP contribution in [0.5, 0.6) is 5.75 Å². The lowest BCUT2D eigenvalue weighted by molar-refractivity contribution is 0.317. The van der Waals surface area contributed by atoms with E-state index < -0.39 is 0 Å². The Morgan fingerprint density at radius 3 is 2.38 bits per heavy atom. The van der Waals surface area contributed by atoms with E-state index in [9.17, 15) is 0 Å². The van der Waals surface area contributed by atoms with Gasteiger partial charge in [0.1, 0.15) is 11.4 Å². The van der Waals surface area contributed by atoms with Gasteiger partial charge in [0.15, 0.2) is 5.15 Å². The number of hydrogen-bond donors (Lipinski definition) is 0. The van der Waals surface area contributed by atoms with Gasteiger partial charge in [-0.05, 0) is 30.7 Å². The maximum absolute atomic E-state index is 6.11. The third-order valence-corrected chi connectivity index (χ3v) is 3.52. The molecule has 106 valence electrons. The van der Waals surface area contributed by atoms with Crippen LogP contribution < -0.4 is 4.74 Å². The highest BCUT2D eigenvalue weighted by Crippen LogP contribution is 2.30. The van der Waals surface area contributed by atoms with Crippen LogP contribution in [0.4, 0.5) is 0 Å². The minimum Gasteiger partial charge on any atom is -0.494 e. The first-order chi connectivity index (χ1) is 10.3. The molecule has 1 heterocycles. The van der Waals surface area contributed by atoms with Crippen LogP contribution in [0.3, 0.4) is 0 Å². The summed E-state index contributed by atoms with van der Waals surface area (Å²) >= 11 is 6.11. The number of rotatable bonds is 4. The summed E-state index contributed by atoms with van der Waals surface area (Å²) in [6.45, 7) is 2.81. The molecule has 0 N–H and O–H groups in total. The largest absolute Gasteiger partial charge is 0.494 e. The lowest BCUT2D eigenvalue weighted by Gasteiger charge is -2.08. The molecule has 0 bridgehead atoms. The van der Waals surface area contributed by atoms with Crippen LogP contribution in [-0.2, 0) is 0 Å². The van der Waals surface area contributed by atoms with E-state index in [0.29, 0.717) is 5.15 Å². The first-order valence-corrected chi connectivity index (χ1v) is 7.31. The molecule has 3 nitrogen and oxygen atoms in total.